The molecule has 0 unspecified atom stereocenters. The highest BCUT2D eigenvalue weighted by molar-refractivity contribution is 6.05. The van der Waals surface area contributed by atoms with Crippen LogP contribution in [0.15, 0.2) is 53.3 Å². The lowest BCUT2D eigenvalue weighted by Gasteiger charge is -2.13. The monoisotopic (exact) mass is 389 g/mol. The molecule has 0 saturated heterocycles. The summed E-state index contributed by atoms with van der Waals surface area (Å²) < 4.78 is 7.25. The van der Waals surface area contributed by atoms with Gasteiger partial charge in [-0.05, 0) is 43.5 Å². The van der Waals surface area contributed by atoms with E-state index < -0.39 is 0 Å². The maximum atomic E-state index is 12.9. The van der Waals surface area contributed by atoms with Gasteiger partial charge in [-0.15, -0.1) is 0 Å². The summed E-state index contributed by atoms with van der Waals surface area (Å²) >= 11 is 0. The van der Waals surface area contributed by atoms with Crippen LogP contribution >= 0.6 is 0 Å². The van der Waals surface area contributed by atoms with E-state index in [4.69, 9.17) is 4.74 Å². The van der Waals surface area contributed by atoms with E-state index in [2.05, 4.69) is 9.97 Å². The molecule has 0 fully saturated rings. The van der Waals surface area contributed by atoms with Crippen molar-refractivity contribution >= 4 is 27.9 Å². The fourth-order valence-electron chi connectivity index (χ4n) is 3.75. The molecule has 2 heterocycles. The van der Waals surface area contributed by atoms with Gasteiger partial charge in [0.2, 0.25) is 0 Å². The lowest BCUT2D eigenvalue weighted by atomic mass is 10.0. The Morgan fingerprint density at radius 1 is 1.14 bits per heavy atom. The number of fused-ring (bicyclic) bond motifs is 2. The number of hydrogen-bond donors (Lipinski definition) is 1. The van der Waals surface area contributed by atoms with Crippen molar-refractivity contribution in [2.75, 3.05) is 6.61 Å². The smallest absolute Gasteiger partial charge is 0.339 e. The van der Waals surface area contributed by atoms with Crippen LogP contribution in [0.3, 0.4) is 0 Å². The third kappa shape index (κ3) is 3.53. The maximum Gasteiger partial charge on any atom is 0.339 e. The van der Waals surface area contributed by atoms with E-state index in [1.807, 2.05) is 62.4 Å². The average molecular weight is 389 g/mol. The summed E-state index contributed by atoms with van der Waals surface area (Å²) in [6.45, 7) is 4.66. The van der Waals surface area contributed by atoms with Gasteiger partial charge in [-0.1, -0.05) is 37.3 Å². The molecule has 0 aliphatic heterocycles. The molecule has 6 nitrogen and oxygen atoms in total. The highest BCUT2D eigenvalue weighted by atomic mass is 16.5. The van der Waals surface area contributed by atoms with Crippen LogP contribution in [0, 0.1) is 6.92 Å². The summed E-state index contributed by atoms with van der Waals surface area (Å²) in [5.74, 6) is -0.345. The minimum atomic E-state index is -0.345. The SMILES string of the molecule is CCc1nc2ccccc2c(C(=O)OCCCn2c(=O)[nH]c3ccccc32)c1C. The summed E-state index contributed by atoms with van der Waals surface area (Å²) in [7, 11) is 0. The Morgan fingerprint density at radius 3 is 2.72 bits per heavy atom. The number of carbonyl (C=O) groups excluding carboxylic acids is 1. The molecule has 0 bridgehead atoms. The van der Waals surface area contributed by atoms with Crippen LogP contribution in [-0.2, 0) is 17.7 Å². The van der Waals surface area contributed by atoms with Crippen molar-refractivity contribution in [2.45, 2.75) is 33.2 Å². The zero-order chi connectivity index (χ0) is 20.4. The summed E-state index contributed by atoms with van der Waals surface area (Å²) in [6.07, 6.45) is 1.30. The molecule has 0 aliphatic rings. The summed E-state index contributed by atoms with van der Waals surface area (Å²) in [5.41, 5.74) is 4.66. The molecule has 0 saturated carbocycles. The number of aromatic amines is 1. The number of aromatic nitrogens is 3. The van der Waals surface area contributed by atoms with Gasteiger partial charge in [-0.2, -0.15) is 0 Å². The average Bonchev–Trinajstić information content (AvgIpc) is 3.05. The summed E-state index contributed by atoms with van der Waals surface area (Å²) in [4.78, 5) is 32.5. The Kier molecular flexibility index (Phi) is 5.16. The molecule has 2 aromatic carbocycles. The highest BCUT2D eigenvalue weighted by Crippen LogP contribution is 2.24. The molecular weight excluding hydrogens is 366 g/mol. The number of imidazole rings is 1. The Bertz CT molecular complexity index is 1250. The maximum absolute atomic E-state index is 12.9. The van der Waals surface area contributed by atoms with Crippen LogP contribution in [0.2, 0.25) is 0 Å². The van der Waals surface area contributed by atoms with E-state index in [1.54, 1.807) is 4.57 Å². The van der Waals surface area contributed by atoms with Crippen molar-refractivity contribution in [3.8, 4) is 0 Å². The summed E-state index contributed by atoms with van der Waals surface area (Å²) in [5, 5.41) is 0.806. The minimum Gasteiger partial charge on any atom is -0.462 e. The molecule has 0 aliphatic carbocycles. The quantitative estimate of drug-likeness (QED) is 0.399. The number of hydrogen-bond acceptors (Lipinski definition) is 4. The lowest BCUT2D eigenvalue weighted by Crippen LogP contribution is -2.18. The number of carbonyl (C=O) groups is 1. The first-order chi connectivity index (χ1) is 14.1. The van der Waals surface area contributed by atoms with Crippen LogP contribution in [0.5, 0.6) is 0 Å². The van der Waals surface area contributed by atoms with Gasteiger partial charge in [0.05, 0.1) is 28.7 Å². The normalized spacial score (nSPS) is 11.2. The molecule has 2 aromatic heterocycles. The second kappa shape index (κ2) is 7.91. The lowest BCUT2D eigenvalue weighted by molar-refractivity contribution is 0.0497. The van der Waals surface area contributed by atoms with E-state index in [0.717, 1.165) is 39.6 Å². The standard InChI is InChI=1S/C23H23N3O3/c1-3-17-15(2)21(16-9-4-5-10-18(16)24-17)22(27)29-14-8-13-26-20-12-7-6-11-19(20)25-23(26)28/h4-7,9-12H,3,8,13-14H2,1-2H3,(H,25,28). The van der Waals surface area contributed by atoms with Crippen LogP contribution in [0.25, 0.3) is 21.9 Å². The van der Waals surface area contributed by atoms with Crippen LogP contribution in [-0.4, -0.2) is 27.1 Å². The van der Waals surface area contributed by atoms with Gasteiger partial charge in [0.1, 0.15) is 0 Å². The predicted octanol–water partition coefficient (Wildman–Crippen LogP) is 4.00. The van der Waals surface area contributed by atoms with Crippen LogP contribution < -0.4 is 5.69 Å². The van der Waals surface area contributed by atoms with E-state index in [-0.39, 0.29) is 18.3 Å². The Morgan fingerprint density at radius 2 is 1.90 bits per heavy atom. The number of nitrogens with one attached hydrogen (secondary N) is 1. The van der Waals surface area contributed by atoms with Crippen molar-refractivity contribution in [2.24, 2.45) is 0 Å². The van der Waals surface area contributed by atoms with Gasteiger partial charge in [0.15, 0.2) is 0 Å². The highest BCUT2D eigenvalue weighted by Gasteiger charge is 2.18. The Balaban J connectivity index is 1.50. The molecule has 6 heteroatoms. The van der Waals surface area contributed by atoms with Gasteiger partial charge < -0.3 is 9.72 Å². The third-order valence-electron chi connectivity index (χ3n) is 5.22. The van der Waals surface area contributed by atoms with E-state index in [9.17, 15) is 9.59 Å². The number of pyridine rings is 1. The number of esters is 1. The second-order valence-electron chi connectivity index (χ2n) is 7.02. The molecule has 148 valence electrons. The molecule has 0 radical (unpaired) electrons. The first-order valence-corrected chi connectivity index (χ1v) is 9.83. The molecule has 1 N–H and O–H groups in total. The fraction of sp³-hybridized carbons (Fsp3) is 0.261. The Labute approximate surface area is 168 Å². The molecular formula is C23H23N3O3. The third-order valence-corrected chi connectivity index (χ3v) is 5.22. The largest absolute Gasteiger partial charge is 0.462 e. The van der Waals surface area contributed by atoms with Gasteiger partial charge in [0.25, 0.3) is 0 Å². The number of rotatable bonds is 6. The van der Waals surface area contributed by atoms with E-state index >= 15 is 0 Å². The van der Waals surface area contributed by atoms with Crippen LogP contribution in [0.1, 0.15) is 35.0 Å². The zero-order valence-corrected chi connectivity index (χ0v) is 16.6. The van der Waals surface area contributed by atoms with Gasteiger partial charge in [-0.25, -0.2) is 9.59 Å². The van der Waals surface area contributed by atoms with Crippen molar-refractivity contribution in [3.05, 3.63) is 75.8 Å². The zero-order valence-electron chi connectivity index (χ0n) is 16.6. The second-order valence-corrected chi connectivity index (χ2v) is 7.02. The number of aryl methyl sites for hydroxylation is 2. The molecule has 4 rings (SSSR count). The van der Waals surface area contributed by atoms with Gasteiger partial charge in [-0.3, -0.25) is 9.55 Å². The van der Waals surface area contributed by atoms with Crippen LogP contribution in [0.4, 0.5) is 0 Å². The number of benzene rings is 2. The molecule has 0 amide bonds. The minimum absolute atomic E-state index is 0.152. The topological polar surface area (TPSA) is 77.0 Å². The fourth-order valence-corrected chi connectivity index (χ4v) is 3.75. The number of nitrogens with zero attached hydrogens (tertiary/aromatic N) is 2. The first-order valence-electron chi connectivity index (χ1n) is 9.83. The molecule has 0 atom stereocenters. The van der Waals surface area contributed by atoms with Crippen molar-refractivity contribution in [3.63, 3.8) is 0 Å². The summed E-state index contributed by atoms with van der Waals surface area (Å²) in [6, 6.07) is 15.2. The van der Waals surface area contributed by atoms with Crippen molar-refractivity contribution in [1.82, 2.24) is 14.5 Å². The first kappa shape index (κ1) is 18.9. The van der Waals surface area contributed by atoms with E-state index in [1.165, 1.54) is 0 Å². The molecule has 4 aromatic rings. The van der Waals surface area contributed by atoms with Gasteiger partial charge >= 0.3 is 11.7 Å². The number of ether oxygens (including phenoxy) is 1. The molecule has 29 heavy (non-hydrogen) atoms. The number of H-pyrrole nitrogens is 1. The predicted molar refractivity (Wildman–Crippen MR) is 113 cm³/mol. The van der Waals surface area contributed by atoms with Crippen molar-refractivity contribution < 1.29 is 9.53 Å². The molecule has 0 spiro atoms. The number of para-hydroxylation sites is 3. The Hall–Kier alpha value is -3.41. The van der Waals surface area contributed by atoms with E-state index in [0.29, 0.717) is 18.5 Å². The van der Waals surface area contributed by atoms with Crippen molar-refractivity contribution in [1.29, 1.82) is 0 Å². The van der Waals surface area contributed by atoms with Gasteiger partial charge in [0, 0.05) is 17.6 Å².